The zero-order valence-corrected chi connectivity index (χ0v) is 13.0. The van der Waals surface area contributed by atoms with Gasteiger partial charge in [0, 0.05) is 12.2 Å². The van der Waals surface area contributed by atoms with E-state index in [1.165, 1.54) is 6.07 Å². The Hall–Kier alpha value is -2.96. The van der Waals surface area contributed by atoms with Crippen LogP contribution in [0.5, 0.6) is 0 Å². The standard InChI is InChI=1S/C17H16FN3O3/c1-11-2-5-13(6-3-11)20-9-8-15(17(20)22)19-14-7-4-12(18)10-16(14)21(23)24/h2-7,10,15,19H,8-9H2,1H3. The second-order valence-electron chi connectivity index (χ2n) is 5.73. The van der Waals surface area contributed by atoms with E-state index in [1.54, 1.807) is 4.90 Å². The molecule has 6 nitrogen and oxygen atoms in total. The Kier molecular flexibility index (Phi) is 4.16. The van der Waals surface area contributed by atoms with E-state index in [9.17, 15) is 19.3 Å². The maximum Gasteiger partial charge on any atom is 0.295 e. The summed E-state index contributed by atoms with van der Waals surface area (Å²) in [5.41, 5.74) is 1.66. The van der Waals surface area contributed by atoms with E-state index >= 15 is 0 Å². The molecule has 1 amide bonds. The maximum atomic E-state index is 13.2. The minimum atomic E-state index is -0.689. The van der Waals surface area contributed by atoms with E-state index in [0.29, 0.717) is 13.0 Å². The number of carbonyl (C=O) groups excluding carboxylic acids is 1. The smallest absolute Gasteiger partial charge is 0.295 e. The zero-order chi connectivity index (χ0) is 17.3. The quantitative estimate of drug-likeness (QED) is 0.690. The molecule has 124 valence electrons. The minimum absolute atomic E-state index is 0.144. The van der Waals surface area contributed by atoms with E-state index in [1.807, 2.05) is 31.2 Å². The van der Waals surface area contributed by atoms with E-state index in [2.05, 4.69) is 5.32 Å². The molecule has 0 radical (unpaired) electrons. The van der Waals surface area contributed by atoms with Crippen LogP contribution >= 0.6 is 0 Å². The third kappa shape index (κ3) is 3.05. The predicted molar refractivity (Wildman–Crippen MR) is 88.6 cm³/mol. The summed E-state index contributed by atoms with van der Waals surface area (Å²) in [6.07, 6.45) is 0.515. The van der Waals surface area contributed by atoms with Gasteiger partial charge in [-0.15, -0.1) is 0 Å². The number of carbonyl (C=O) groups is 1. The fourth-order valence-corrected chi connectivity index (χ4v) is 2.76. The molecule has 1 heterocycles. The molecule has 1 aliphatic rings. The molecule has 1 fully saturated rings. The second-order valence-corrected chi connectivity index (χ2v) is 5.73. The third-order valence-corrected chi connectivity index (χ3v) is 4.04. The van der Waals surface area contributed by atoms with Crippen LogP contribution < -0.4 is 10.2 Å². The van der Waals surface area contributed by atoms with Crippen molar-refractivity contribution in [2.24, 2.45) is 0 Å². The number of aryl methyl sites for hydroxylation is 1. The van der Waals surface area contributed by atoms with Gasteiger partial charge in [-0.3, -0.25) is 14.9 Å². The normalized spacial score (nSPS) is 17.2. The number of nitro benzene ring substituents is 1. The average Bonchev–Trinajstić information content (AvgIpc) is 2.91. The molecule has 1 N–H and O–H groups in total. The van der Waals surface area contributed by atoms with Crippen LogP contribution in [0.4, 0.5) is 21.5 Å². The van der Waals surface area contributed by atoms with Gasteiger partial charge in [-0.05, 0) is 37.6 Å². The van der Waals surface area contributed by atoms with E-state index in [-0.39, 0.29) is 17.3 Å². The van der Waals surface area contributed by atoms with Gasteiger partial charge in [-0.25, -0.2) is 4.39 Å². The van der Waals surface area contributed by atoms with Gasteiger partial charge in [0.2, 0.25) is 5.91 Å². The fourth-order valence-electron chi connectivity index (χ4n) is 2.76. The van der Waals surface area contributed by atoms with Gasteiger partial charge in [0.05, 0.1) is 11.0 Å². The summed E-state index contributed by atoms with van der Waals surface area (Å²) in [7, 11) is 0. The van der Waals surface area contributed by atoms with Crippen LogP contribution in [-0.4, -0.2) is 23.4 Å². The van der Waals surface area contributed by atoms with Crippen molar-refractivity contribution in [2.45, 2.75) is 19.4 Å². The van der Waals surface area contributed by atoms with Crippen LogP contribution in [0.1, 0.15) is 12.0 Å². The van der Waals surface area contributed by atoms with Gasteiger partial charge in [0.1, 0.15) is 17.5 Å². The van der Waals surface area contributed by atoms with E-state index < -0.39 is 16.8 Å². The highest BCUT2D eigenvalue weighted by Crippen LogP contribution is 2.29. The molecule has 24 heavy (non-hydrogen) atoms. The monoisotopic (exact) mass is 329 g/mol. The van der Waals surface area contributed by atoms with Crippen LogP contribution in [0, 0.1) is 22.9 Å². The number of benzene rings is 2. The summed E-state index contributed by atoms with van der Waals surface area (Å²) in [5, 5.41) is 13.9. The van der Waals surface area contributed by atoms with Crippen molar-refractivity contribution in [1.82, 2.24) is 0 Å². The molecule has 0 saturated carbocycles. The lowest BCUT2D eigenvalue weighted by atomic mass is 10.2. The highest BCUT2D eigenvalue weighted by molar-refractivity contribution is 6.01. The molecule has 1 aliphatic heterocycles. The number of halogens is 1. The first-order chi connectivity index (χ1) is 11.5. The molecule has 0 spiro atoms. The molecule has 2 aromatic rings. The Morgan fingerprint density at radius 3 is 2.62 bits per heavy atom. The van der Waals surface area contributed by atoms with Gasteiger partial charge < -0.3 is 10.2 Å². The molecule has 0 bridgehead atoms. The molecule has 2 aromatic carbocycles. The predicted octanol–water partition coefficient (Wildman–Crippen LogP) is 3.26. The molecular weight excluding hydrogens is 313 g/mol. The largest absolute Gasteiger partial charge is 0.368 e. The van der Waals surface area contributed by atoms with Gasteiger partial charge >= 0.3 is 0 Å². The second kappa shape index (κ2) is 6.27. The van der Waals surface area contributed by atoms with Gasteiger partial charge in [0.15, 0.2) is 0 Å². The number of hydrogen-bond donors (Lipinski definition) is 1. The van der Waals surface area contributed by atoms with Crippen LogP contribution in [0.15, 0.2) is 42.5 Å². The summed E-state index contributed by atoms with van der Waals surface area (Å²) in [6.45, 7) is 2.49. The summed E-state index contributed by atoms with van der Waals surface area (Å²) < 4.78 is 13.2. The number of anilines is 2. The van der Waals surface area contributed by atoms with Crippen molar-refractivity contribution in [3.8, 4) is 0 Å². The highest BCUT2D eigenvalue weighted by atomic mass is 19.1. The maximum absolute atomic E-state index is 13.2. The lowest BCUT2D eigenvalue weighted by molar-refractivity contribution is -0.384. The number of hydrogen-bond acceptors (Lipinski definition) is 4. The van der Waals surface area contributed by atoms with Crippen LogP contribution in [-0.2, 0) is 4.79 Å². The van der Waals surface area contributed by atoms with Crippen LogP contribution in [0.3, 0.4) is 0 Å². The number of nitro groups is 1. The molecule has 1 unspecified atom stereocenters. The Bertz CT molecular complexity index is 792. The molecular formula is C17H16FN3O3. The zero-order valence-electron chi connectivity index (χ0n) is 13.0. The Labute approximate surface area is 138 Å². The van der Waals surface area contributed by atoms with Crippen molar-refractivity contribution in [1.29, 1.82) is 0 Å². The molecule has 0 aromatic heterocycles. The molecule has 1 saturated heterocycles. The topological polar surface area (TPSA) is 75.5 Å². The molecule has 0 aliphatic carbocycles. The third-order valence-electron chi connectivity index (χ3n) is 4.04. The van der Waals surface area contributed by atoms with Crippen molar-refractivity contribution in [3.05, 3.63) is 64.0 Å². The molecule has 1 atom stereocenters. The van der Waals surface area contributed by atoms with E-state index in [4.69, 9.17) is 0 Å². The van der Waals surface area contributed by atoms with Crippen molar-refractivity contribution in [3.63, 3.8) is 0 Å². The first kappa shape index (κ1) is 15.9. The Morgan fingerprint density at radius 1 is 1.25 bits per heavy atom. The number of amides is 1. The Balaban J connectivity index is 1.79. The summed E-state index contributed by atoms with van der Waals surface area (Å²) in [4.78, 5) is 24.6. The molecule has 7 heteroatoms. The van der Waals surface area contributed by atoms with Crippen LogP contribution in [0.25, 0.3) is 0 Å². The molecule has 3 rings (SSSR count). The summed E-state index contributed by atoms with van der Waals surface area (Å²) in [6, 6.07) is 10.3. The number of nitrogens with zero attached hydrogens (tertiary/aromatic N) is 2. The first-order valence-electron chi connectivity index (χ1n) is 7.54. The average molecular weight is 329 g/mol. The SMILES string of the molecule is Cc1ccc(N2CCC(Nc3ccc(F)cc3[N+](=O)[O-])C2=O)cc1. The van der Waals surface area contributed by atoms with Gasteiger partial charge in [-0.2, -0.15) is 0 Å². The Morgan fingerprint density at radius 2 is 1.96 bits per heavy atom. The summed E-state index contributed by atoms with van der Waals surface area (Å²) >= 11 is 0. The first-order valence-corrected chi connectivity index (χ1v) is 7.54. The number of nitrogens with one attached hydrogen (secondary N) is 1. The van der Waals surface area contributed by atoms with E-state index in [0.717, 1.165) is 23.4 Å². The van der Waals surface area contributed by atoms with Crippen molar-refractivity contribution >= 4 is 23.0 Å². The van der Waals surface area contributed by atoms with Crippen molar-refractivity contribution in [2.75, 3.05) is 16.8 Å². The highest BCUT2D eigenvalue weighted by Gasteiger charge is 2.33. The van der Waals surface area contributed by atoms with Gasteiger partial charge in [-0.1, -0.05) is 17.7 Å². The lowest BCUT2D eigenvalue weighted by Crippen LogP contribution is -2.33. The van der Waals surface area contributed by atoms with Gasteiger partial charge in [0.25, 0.3) is 5.69 Å². The van der Waals surface area contributed by atoms with Crippen molar-refractivity contribution < 1.29 is 14.1 Å². The van der Waals surface area contributed by atoms with Crippen LogP contribution in [0.2, 0.25) is 0 Å². The summed E-state index contributed by atoms with van der Waals surface area (Å²) in [5.74, 6) is -0.844. The fraction of sp³-hybridized carbons (Fsp3) is 0.235. The lowest BCUT2D eigenvalue weighted by Gasteiger charge is -2.18. The minimum Gasteiger partial charge on any atom is -0.368 e. The number of rotatable bonds is 4.